The van der Waals surface area contributed by atoms with Crippen LogP contribution >= 0.6 is 0 Å². The van der Waals surface area contributed by atoms with Crippen LogP contribution in [-0.4, -0.2) is 22.0 Å². The summed E-state index contributed by atoms with van der Waals surface area (Å²) >= 11 is 0. The first kappa shape index (κ1) is 12.6. The Bertz CT molecular complexity index is 339. The van der Waals surface area contributed by atoms with Crippen molar-refractivity contribution in [2.75, 3.05) is 7.05 Å². The first-order valence-electron chi connectivity index (χ1n) is 6.81. The van der Waals surface area contributed by atoms with E-state index in [9.17, 15) is 0 Å². The van der Waals surface area contributed by atoms with Crippen LogP contribution in [0.5, 0.6) is 0 Å². The van der Waals surface area contributed by atoms with E-state index in [2.05, 4.69) is 36.5 Å². The second-order valence-corrected chi connectivity index (χ2v) is 5.26. The Morgan fingerprint density at radius 2 is 2.12 bits per heavy atom. The lowest BCUT2D eigenvalue weighted by atomic mass is 9.78. The van der Waals surface area contributed by atoms with Crippen LogP contribution in [0.25, 0.3) is 0 Å². The fraction of sp³-hybridized carbons (Fsp3) is 0.846. The SMILES string of the molecule is CCn1nncc1C(NC)C1CCC(C)CC1. The number of aromatic nitrogens is 3. The smallest absolute Gasteiger partial charge is 0.0759 e. The van der Waals surface area contributed by atoms with Crippen molar-refractivity contribution >= 4 is 0 Å². The molecule has 0 saturated heterocycles. The van der Waals surface area contributed by atoms with Crippen molar-refractivity contribution in [2.45, 2.75) is 52.1 Å². The molecule has 4 nitrogen and oxygen atoms in total. The van der Waals surface area contributed by atoms with E-state index in [1.54, 1.807) is 0 Å². The molecule has 96 valence electrons. The second kappa shape index (κ2) is 5.63. The lowest BCUT2D eigenvalue weighted by molar-refractivity contribution is 0.231. The largest absolute Gasteiger partial charge is 0.311 e. The van der Waals surface area contributed by atoms with Gasteiger partial charge in [0.15, 0.2) is 0 Å². The van der Waals surface area contributed by atoms with Gasteiger partial charge in [0.1, 0.15) is 0 Å². The summed E-state index contributed by atoms with van der Waals surface area (Å²) in [5.41, 5.74) is 1.24. The first-order valence-corrected chi connectivity index (χ1v) is 6.81. The molecule has 1 aliphatic carbocycles. The number of aryl methyl sites for hydroxylation is 1. The molecule has 1 saturated carbocycles. The molecule has 1 N–H and O–H groups in total. The van der Waals surface area contributed by atoms with Crippen LogP contribution < -0.4 is 5.32 Å². The molecule has 0 amide bonds. The molecule has 1 aromatic rings. The minimum atomic E-state index is 0.414. The lowest BCUT2D eigenvalue weighted by Gasteiger charge is -2.32. The van der Waals surface area contributed by atoms with Gasteiger partial charge in [-0.15, -0.1) is 5.10 Å². The molecule has 17 heavy (non-hydrogen) atoms. The number of hydrogen-bond acceptors (Lipinski definition) is 3. The summed E-state index contributed by atoms with van der Waals surface area (Å²) in [6, 6.07) is 0.414. The molecular formula is C13H24N4. The van der Waals surface area contributed by atoms with E-state index in [1.165, 1.54) is 31.4 Å². The number of rotatable bonds is 4. The van der Waals surface area contributed by atoms with E-state index in [0.717, 1.165) is 18.4 Å². The summed E-state index contributed by atoms with van der Waals surface area (Å²) < 4.78 is 2.01. The van der Waals surface area contributed by atoms with E-state index in [-0.39, 0.29) is 0 Å². The van der Waals surface area contributed by atoms with Gasteiger partial charge < -0.3 is 5.32 Å². The Kier molecular flexibility index (Phi) is 4.15. The summed E-state index contributed by atoms with van der Waals surface area (Å²) in [6.07, 6.45) is 7.28. The van der Waals surface area contributed by atoms with E-state index >= 15 is 0 Å². The second-order valence-electron chi connectivity index (χ2n) is 5.26. The minimum Gasteiger partial charge on any atom is -0.311 e. The molecule has 1 unspecified atom stereocenters. The predicted molar refractivity (Wildman–Crippen MR) is 68.6 cm³/mol. The van der Waals surface area contributed by atoms with Crippen LogP contribution in [0.2, 0.25) is 0 Å². The van der Waals surface area contributed by atoms with E-state index in [4.69, 9.17) is 0 Å². The third-order valence-electron chi connectivity index (χ3n) is 4.11. The minimum absolute atomic E-state index is 0.414. The van der Waals surface area contributed by atoms with Crippen molar-refractivity contribution < 1.29 is 0 Å². The molecule has 1 aliphatic rings. The molecular weight excluding hydrogens is 212 g/mol. The van der Waals surface area contributed by atoms with Gasteiger partial charge in [-0.2, -0.15) is 0 Å². The third-order valence-corrected chi connectivity index (χ3v) is 4.11. The van der Waals surface area contributed by atoms with Gasteiger partial charge in [-0.05, 0) is 38.6 Å². The van der Waals surface area contributed by atoms with Gasteiger partial charge in [0.05, 0.1) is 17.9 Å². The van der Waals surface area contributed by atoms with Crippen LogP contribution in [0.1, 0.15) is 51.3 Å². The predicted octanol–water partition coefficient (Wildman–Crippen LogP) is 2.38. The molecule has 0 aliphatic heterocycles. The van der Waals surface area contributed by atoms with Crippen molar-refractivity contribution in [3.8, 4) is 0 Å². The van der Waals surface area contributed by atoms with Crippen LogP contribution in [0.3, 0.4) is 0 Å². The zero-order valence-electron chi connectivity index (χ0n) is 11.2. The fourth-order valence-corrected chi connectivity index (χ4v) is 3.00. The van der Waals surface area contributed by atoms with Gasteiger partial charge in [0.25, 0.3) is 0 Å². The molecule has 0 radical (unpaired) electrons. The average Bonchev–Trinajstić information content (AvgIpc) is 2.81. The molecule has 0 spiro atoms. The molecule has 0 bridgehead atoms. The van der Waals surface area contributed by atoms with Crippen LogP contribution in [0.15, 0.2) is 6.20 Å². The molecule has 1 aromatic heterocycles. The maximum absolute atomic E-state index is 4.14. The molecule has 0 aromatic carbocycles. The summed E-state index contributed by atoms with van der Waals surface area (Å²) in [6.45, 7) is 5.38. The van der Waals surface area contributed by atoms with E-state index < -0.39 is 0 Å². The number of hydrogen-bond donors (Lipinski definition) is 1. The van der Waals surface area contributed by atoms with E-state index in [1.807, 2.05) is 10.9 Å². The molecule has 1 fully saturated rings. The highest BCUT2D eigenvalue weighted by atomic mass is 15.4. The number of nitrogens with zero attached hydrogens (tertiary/aromatic N) is 3. The zero-order chi connectivity index (χ0) is 12.3. The monoisotopic (exact) mass is 236 g/mol. The topological polar surface area (TPSA) is 42.7 Å². The van der Waals surface area contributed by atoms with Gasteiger partial charge in [0, 0.05) is 6.54 Å². The lowest BCUT2D eigenvalue weighted by Crippen LogP contribution is -2.30. The first-order chi connectivity index (χ1) is 8.26. The Balaban J connectivity index is 2.10. The van der Waals surface area contributed by atoms with Crippen molar-refractivity contribution in [2.24, 2.45) is 11.8 Å². The average molecular weight is 236 g/mol. The normalized spacial score (nSPS) is 27.0. The summed E-state index contributed by atoms with van der Waals surface area (Å²) in [7, 11) is 2.05. The Labute approximate surface area is 104 Å². The third kappa shape index (κ3) is 2.68. The van der Waals surface area contributed by atoms with Crippen molar-refractivity contribution in [1.82, 2.24) is 20.3 Å². The van der Waals surface area contributed by atoms with Crippen LogP contribution in [-0.2, 0) is 6.54 Å². The highest BCUT2D eigenvalue weighted by Gasteiger charge is 2.28. The zero-order valence-corrected chi connectivity index (χ0v) is 11.2. The fourth-order valence-electron chi connectivity index (χ4n) is 3.00. The molecule has 2 rings (SSSR count). The molecule has 4 heteroatoms. The van der Waals surface area contributed by atoms with Gasteiger partial charge in [-0.1, -0.05) is 25.0 Å². The van der Waals surface area contributed by atoms with Crippen LogP contribution in [0.4, 0.5) is 0 Å². The summed E-state index contributed by atoms with van der Waals surface area (Å²) in [5, 5.41) is 11.6. The van der Waals surface area contributed by atoms with Crippen molar-refractivity contribution in [3.63, 3.8) is 0 Å². The van der Waals surface area contributed by atoms with Crippen LogP contribution in [0, 0.1) is 11.8 Å². The molecule has 1 heterocycles. The van der Waals surface area contributed by atoms with Gasteiger partial charge in [-0.25, -0.2) is 4.68 Å². The Hall–Kier alpha value is -0.900. The van der Waals surface area contributed by atoms with Gasteiger partial charge in [0.2, 0.25) is 0 Å². The van der Waals surface area contributed by atoms with Crippen molar-refractivity contribution in [1.29, 1.82) is 0 Å². The molecule has 1 atom stereocenters. The standard InChI is InChI=1S/C13H24N4/c1-4-17-12(9-15-16-17)13(14-3)11-7-5-10(2)6-8-11/h9-11,13-14H,4-8H2,1-3H3. The van der Waals surface area contributed by atoms with Gasteiger partial charge >= 0.3 is 0 Å². The maximum Gasteiger partial charge on any atom is 0.0759 e. The number of nitrogens with one attached hydrogen (secondary N) is 1. The summed E-state index contributed by atoms with van der Waals surface area (Å²) in [4.78, 5) is 0. The highest BCUT2D eigenvalue weighted by molar-refractivity contribution is 5.04. The Morgan fingerprint density at radius 3 is 2.71 bits per heavy atom. The van der Waals surface area contributed by atoms with E-state index in [0.29, 0.717) is 6.04 Å². The summed E-state index contributed by atoms with van der Waals surface area (Å²) in [5.74, 6) is 1.64. The van der Waals surface area contributed by atoms with Gasteiger partial charge in [-0.3, -0.25) is 0 Å². The highest BCUT2D eigenvalue weighted by Crippen LogP contribution is 2.36. The Morgan fingerprint density at radius 1 is 1.41 bits per heavy atom. The quantitative estimate of drug-likeness (QED) is 0.873. The van der Waals surface area contributed by atoms with Crippen molar-refractivity contribution in [3.05, 3.63) is 11.9 Å². The maximum atomic E-state index is 4.14.